The Balaban J connectivity index is 1.89. The van der Waals surface area contributed by atoms with Gasteiger partial charge in [-0.25, -0.2) is 0 Å². The lowest BCUT2D eigenvalue weighted by molar-refractivity contribution is -0.158. The fraction of sp³-hybridized carbons (Fsp3) is 0.464. The number of rotatable bonds is 7. The van der Waals surface area contributed by atoms with Crippen LogP contribution in [0.15, 0.2) is 61.2 Å². The molecule has 1 amide bonds. The Kier molecular flexibility index (Phi) is 7.53. The summed E-state index contributed by atoms with van der Waals surface area (Å²) in [5, 5.41) is 1.40. The van der Waals surface area contributed by atoms with Crippen molar-refractivity contribution in [2.45, 2.75) is 70.1 Å². The molecule has 0 saturated carbocycles. The summed E-state index contributed by atoms with van der Waals surface area (Å²) in [6.45, 7) is 8.97. The highest BCUT2D eigenvalue weighted by Crippen LogP contribution is 2.52. The lowest BCUT2D eigenvalue weighted by Gasteiger charge is -2.53. The van der Waals surface area contributed by atoms with E-state index in [1.807, 2.05) is 36.4 Å². The fourth-order valence-corrected chi connectivity index (χ4v) is 6.12. The number of likely N-dealkylation sites (tertiary alicyclic amines) is 1. The number of carbonyl (C=O) groups excluding carboxylic acids is 1. The van der Waals surface area contributed by atoms with Gasteiger partial charge < -0.3 is 9.64 Å². The molecule has 0 aromatic heterocycles. The Bertz CT molecular complexity index is 986. The highest BCUT2D eigenvalue weighted by atomic mass is 35.5. The molecule has 2 fully saturated rings. The van der Waals surface area contributed by atoms with E-state index < -0.39 is 5.41 Å². The average molecular weight is 486 g/mol. The van der Waals surface area contributed by atoms with Gasteiger partial charge in [0.2, 0.25) is 5.91 Å². The number of piperidine rings is 1. The van der Waals surface area contributed by atoms with Gasteiger partial charge in [0.25, 0.3) is 0 Å². The molecular weight excluding hydrogens is 453 g/mol. The molecule has 0 bridgehead atoms. The molecule has 5 heteroatoms. The van der Waals surface area contributed by atoms with Gasteiger partial charge in [0.1, 0.15) is 0 Å². The topological polar surface area (TPSA) is 29.5 Å². The van der Waals surface area contributed by atoms with Crippen LogP contribution in [0.25, 0.3) is 0 Å². The molecular formula is C28H33Cl2NO2. The predicted octanol–water partition coefficient (Wildman–Crippen LogP) is 7.59. The quantitative estimate of drug-likeness (QED) is 0.378. The number of amides is 1. The predicted molar refractivity (Wildman–Crippen MR) is 136 cm³/mol. The van der Waals surface area contributed by atoms with Crippen LogP contribution < -0.4 is 0 Å². The fourth-order valence-electron chi connectivity index (χ4n) is 5.80. The second kappa shape index (κ2) is 10.2. The number of hydrogen-bond acceptors (Lipinski definition) is 2. The van der Waals surface area contributed by atoms with Crippen molar-refractivity contribution in [2.75, 3.05) is 6.61 Å². The number of nitrogens with zero attached hydrogens (tertiary/aromatic N) is 1. The van der Waals surface area contributed by atoms with E-state index in [1.165, 1.54) is 0 Å². The first-order chi connectivity index (χ1) is 15.9. The molecule has 0 aliphatic carbocycles. The normalized spacial score (nSPS) is 28.7. The molecule has 3 nitrogen and oxygen atoms in total. The van der Waals surface area contributed by atoms with Crippen molar-refractivity contribution in [3.05, 3.63) is 82.4 Å². The summed E-state index contributed by atoms with van der Waals surface area (Å²) in [6, 6.07) is 15.9. The second-order valence-electron chi connectivity index (χ2n) is 9.65. The van der Waals surface area contributed by atoms with Gasteiger partial charge >= 0.3 is 0 Å². The maximum Gasteiger partial charge on any atom is 0.229 e. The smallest absolute Gasteiger partial charge is 0.229 e. The van der Waals surface area contributed by atoms with E-state index in [9.17, 15) is 4.79 Å². The molecule has 2 aliphatic heterocycles. The van der Waals surface area contributed by atoms with Crippen molar-refractivity contribution in [2.24, 2.45) is 5.41 Å². The van der Waals surface area contributed by atoms with Crippen molar-refractivity contribution in [1.82, 2.24) is 4.90 Å². The van der Waals surface area contributed by atoms with Gasteiger partial charge in [-0.3, -0.25) is 4.79 Å². The van der Waals surface area contributed by atoms with Crippen molar-refractivity contribution in [3.63, 3.8) is 0 Å². The third kappa shape index (κ3) is 4.87. The van der Waals surface area contributed by atoms with Crippen LogP contribution in [0.5, 0.6) is 0 Å². The molecule has 176 valence electrons. The van der Waals surface area contributed by atoms with Crippen molar-refractivity contribution < 1.29 is 9.53 Å². The molecule has 2 aliphatic rings. The van der Waals surface area contributed by atoms with Crippen molar-refractivity contribution in [3.8, 4) is 0 Å². The molecule has 2 aromatic carbocycles. The van der Waals surface area contributed by atoms with E-state index in [2.05, 4.69) is 43.5 Å². The average Bonchev–Trinajstić information content (AvgIpc) is 3.33. The SMILES string of the molecule is C=CC[C@@]1(C)C[C@H](c2cccc(Cl)c2)[C@@H](c2ccc(Cl)cc2)N([C@@H](CC)C2CCCO2)C1=O. The van der Waals surface area contributed by atoms with Gasteiger partial charge in [-0.1, -0.05) is 67.4 Å². The summed E-state index contributed by atoms with van der Waals surface area (Å²) in [5.41, 5.74) is 1.70. The third-order valence-corrected chi connectivity index (χ3v) is 7.84. The van der Waals surface area contributed by atoms with E-state index in [1.54, 1.807) is 0 Å². The lowest BCUT2D eigenvalue weighted by Crippen LogP contribution is -2.58. The maximum atomic E-state index is 14.3. The Morgan fingerprint density at radius 1 is 1.18 bits per heavy atom. The zero-order valence-corrected chi connectivity index (χ0v) is 21.0. The van der Waals surface area contributed by atoms with Crippen LogP contribution in [0, 0.1) is 5.41 Å². The molecule has 2 heterocycles. The van der Waals surface area contributed by atoms with Gasteiger partial charge in [0.05, 0.1) is 23.6 Å². The monoisotopic (exact) mass is 485 g/mol. The van der Waals surface area contributed by atoms with Crippen LogP contribution in [0.3, 0.4) is 0 Å². The summed E-state index contributed by atoms with van der Waals surface area (Å²) in [4.78, 5) is 16.4. The molecule has 33 heavy (non-hydrogen) atoms. The second-order valence-corrected chi connectivity index (χ2v) is 10.5. The molecule has 2 aromatic rings. The van der Waals surface area contributed by atoms with Crippen LogP contribution in [-0.2, 0) is 9.53 Å². The zero-order chi connectivity index (χ0) is 23.6. The molecule has 0 spiro atoms. The van der Waals surface area contributed by atoms with Gasteiger partial charge in [-0.2, -0.15) is 0 Å². The molecule has 0 radical (unpaired) electrons. The number of carbonyl (C=O) groups is 1. The van der Waals surface area contributed by atoms with Crippen LogP contribution in [0.4, 0.5) is 0 Å². The molecule has 1 unspecified atom stereocenters. The van der Waals surface area contributed by atoms with Crippen LogP contribution in [-0.4, -0.2) is 29.6 Å². The summed E-state index contributed by atoms with van der Waals surface area (Å²) in [6.07, 6.45) is 6.15. The van der Waals surface area contributed by atoms with E-state index in [4.69, 9.17) is 27.9 Å². The minimum atomic E-state index is -0.538. The number of halogens is 2. The Morgan fingerprint density at radius 3 is 2.55 bits per heavy atom. The van der Waals surface area contributed by atoms with Crippen LogP contribution in [0.2, 0.25) is 10.0 Å². The highest BCUT2D eigenvalue weighted by Gasteiger charge is 2.52. The molecule has 0 N–H and O–H groups in total. The first-order valence-corrected chi connectivity index (χ1v) is 12.7. The minimum absolute atomic E-state index is 0.00630. The minimum Gasteiger partial charge on any atom is -0.376 e. The number of hydrogen-bond donors (Lipinski definition) is 0. The number of benzene rings is 2. The summed E-state index contributed by atoms with van der Waals surface area (Å²) in [5.74, 6) is 0.269. The van der Waals surface area contributed by atoms with E-state index in [-0.39, 0.29) is 30.0 Å². The first-order valence-electron chi connectivity index (χ1n) is 11.9. The van der Waals surface area contributed by atoms with Crippen molar-refractivity contribution >= 4 is 29.1 Å². The molecule has 4 rings (SSSR count). The van der Waals surface area contributed by atoms with Crippen LogP contribution >= 0.6 is 23.2 Å². The lowest BCUT2D eigenvalue weighted by atomic mass is 9.66. The summed E-state index contributed by atoms with van der Waals surface area (Å²) in [7, 11) is 0. The Hall–Kier alpha value is -1.81. The Labute approximate surface area is 207 Å². The maximum absolute atomic E-state index is 14.3. The third-order valence-electron chi connectivity index (χ3n) is 7.35. The first kappa shape index (κ1) is 24.3. The number of allylic oxidation sites excluding steroid dienone is 1. The molecule has 5 atom stereocenters. The largest absolute Gasteiger partial charge is 0.376 e. The van der Waals surface area contributed by atoms with Gasteiger partial charge in [-0.05, 0) is 67.5 Å². The van der Waals surface area contributed by atoms with Crippen molar-refractivity contribution in [1.29, 1.82) is 0 Å². The zero-order valence-electron chi connectivity index (χ0n) is 19.5. The van der Waals surface area contributed by atoms with E-state index in [0.29, 0.717) is 16.5 Å². The summed E-state index contributed by atoms with van der Waals surface area (Å²) >= 11 is 12.7. The van der Waals surface area contributed by atoms with E-state index >= 15 is 0 Å². The highest BCUT2D eigenvalue weighted by molar-refractivity contribution is 6.30. The molecule has 2 saturated heterocycles. The van der Waals surface area contributed by atoms with Gasteiger partial charge in [-0.15, -0.1) is 6.58 Å². The van der Waals surface area contributed by atoms with Crippen LogP contribution in [0.1, 0.15) is 69.0 Å². The Morgan fingerprint density at radius 2 is 1.94 bits per heavy atom. The van der Waals surface area contributed by atoms with E-state index in [0.717, 1.165) is 43.4 Å². The standard InChI is InChI=1S/C28H33Cl2NO2/c1-4-15-28(3)18-23(20-8-6-9-22(30)17-20)26(19-11-13-21(29)14-12-19)31(27(28)32)24(5-2)25-10-7-16-33-25/h4,6,8-9,11-14,17,23-26H,1,5,7,10,15-16,18H2,2-3H3/t23-,24+,25?,26-,28+/m1/s1. The van der Waals surface area contributed by atoms with Gasteiger partial charge in [0.15, 0.2) is 0 Å². The number of ether oxygens (including phenoxy) is 1. The van der Waals surface area contributed by atoms with Gasteiger partial charge in [0, 0.05) is 22.6 Å². The summed E-state index contributed by atoms with van der Waals surface area (Å²) < 4.78 is 6.14.